The maximum absolute atomic E-state index is 12.6. The van der Waals surface area contributed by atoms with Crippen molar-refractivity contribution in [2.45, 2.75) is 19.8 Å². The van der Waals surface area contributed by atoms with Crippen molar-refractivity contribution in [2.24, 2.45) is 11.7 Å². The molecule has 3 rings (SSSR count). The van der Waals surface area contributed by atoms with Gasteiger partial charge in [0.05, 0.1) is 12.8 Å². The molecule has 0 unspecified atom stereocenters. The van der Waals surface area contributed by atoms with E-state index in [2.05, 4.69) is 15.2 Å². The summed E-state index contributed by atoms with van der Waals surface area (Å²) < 4.78 is 5.15. The number of primary amides is 1. The number of carbonyl (C=O) groups excluding carboxylic acids is 2. The van der Waals surface area contributed by atoms with E-state index in [0.29, 0.717) is 43.2 Å². The number of ether oxygens (including phenoxy) is 1. The first-order valence-electron chi connectivity index (χ1n) is 8.14. The van der Waals surface area contributed by atoms with Crippen LogP contribution in [0.15, 0.2) is 18.3 Å². The molecule has 2 amide bonds. The molecule has 0 aliphatic carbocycles. The van der Waals surface area contributed by atoms with Gasteiger partial charge in [0.1, 0.15) is 5.69 Å². The van der Waals surface area contributed by atoms with Crippen molar-refractivity contribution in [3.63, 3.8) is 0 Å². The van der Waals surface area contributed by atoms with E-state index in [-0.39, 0.29) is 17.7 Å². The van der Waals surface area contributed by atoms with E-state index in [1.165, 1.54) is 0 Å². The second-order valence-corrected chi connectivity index (χ2v) is 6.18. The van der Waals surface area contributed by atoms with Crippen molar-refractivity contribution in [1.82, 2.24) is 20.1 Å². The molecule has 0 spiro atoms. The maximum atomic E-state index is 12.6. The summed E-state index contributed by atoms with van der Waals surface area (Å²) in [5.41, 5.74) is 8.21. The number of nitrogens with two attached hydrogens (primary N) is 1. The minimum atomic E-state index is -0.293. The minimum Gasteiger partial charge on any atom is -0.481 e. The van der Waals surface area contributed by atoms with E-state index in [9.17, 15) is 9.59 Å². The summed E-state index contributed by atoms with van der Waals surface area (Å²) >= 11 is 0. The van der Waals surface area contributed by atoms with Crippen molar-refractivity contribution < 1.29 is 14.3 Å². The number of amides is 2. The molecule has 3 N–H and O–H groups in total. The highest BCUT2D eigenvalue weighted by Gasteiger charge is 2.27. The molecular weight excluding hydrogens is 322 g/mol. The number of hydrogen-bond donors (Lipinski definition) is 2. The number of nitrogens with one attached hydrogen (secondary N) is 1. The van der Waals surface area contributed by atoms with Gasteiger partial charge in [0, 0.05) is 36.8 Å². The number of aryl methyl sites for hydroxylation is 1. The zero-order valence-electron chi connectivity index (χ0n) is 14.3. The molecule has 8 nitrogen and oxygen atoms in total. The Balaban J connectivity index is 1.76. The van der Waals surface area contributed by atoms with Crippen molar-refractivity contribution in [3.8, 4) is 17.1 Å². The maximum Gasteiger partial charge on any atom is 0.271 e. The van der Waals surface area contributed by atoms with Crippen LogP contribution in [0.3, 0.4) is 0 Å². The van der Waals surface area contributed by atoms with Gasteiger partial charge < -0.3 is 15.4 Å². The van der Waals surface area contributed by atoms with E-state index in [1.54, 1.807) is 30.3 Å². The molecule has 0 radical (unpaired) electrons. The van der Waals surface area contributed by atoms with Crippen molar-refractivity contribution in [1.29, 1.82) is 0 Å². The summed E-state index contributed by atoms with van der Waals surface area (Å²) in [6.07, 6.45) is 2.91. The molecule has 1 aliphatic rings. The van der Waals surface area contributed by atoms with Crippen LogP contribution in [0.2, 0.25) is 0 Å². The summed E-state index contributed by atoms with van der Waals surface area (Å²) in [5, 5.41) is 7.06. The Hall–Kier alpha value is -2.90. The SMILES string of the molecule is COc1cc(-c2cc(C(=O)N3CCC(C(N)=O)CC3)[nH]n2)c(C)cn1. The lowest BCUT2D eigenvalue weighted by Crippen LogP contribution is -2.41. The third-order valence-electron chi connectivity index (χ3n) is 4.56. The highest BCUT2D eigenvalue weighted by Crippen LogP contribution is 2.25. The van der Waals surface area contributed by atoms with Crippen LogP contribution in [0, 0.1) is 12.8 Å². The van der Waals surface area contributed by atoms with Gasteiger partial charge in [-0.15, -0.1) is 0 Å². The van der Waals surface area contributed by atoms with E-state index in [1.807, 2.05) is 6.92 Å². The molecule has 25 heavy (non-hydrogen) atoms. The van der Waals surface area contributed by atoms with Crippen LogP contribution >= 0.6 is 0 Å². The average Bonchev–Trinajstić information content (AvgIpc) is 3.11. The Labute approximate surface area is 145 Å². The molecule has 8 heteroatoms. The van der Waals surface area contributed by atoms with Gasteiger partial charge in [0.25, 0.3) is 5.91 Å². The van der Waals surface area contributed by atoms with Crippen LogP contribution in [-0.2, 0) is 4.79 Å². The van der Waals surface area contributed by atoms with E-state index < -0.39 is 0 Å². The Morgan fingerprint density at radius 3 is 2.68 bits per heavy atom. The Morgan fingerprint density at radius 2 is 2.04 bits per heavy atom. The first kappa shape index (κ1) is 16.9. The van der Waals surface area contributed by atoms with Crippen molar-refractivity contribution >= 4 is 11.8 Å². The fourth-order valence-electron chi connectivity index (χ4n) is 3.00. The second kappa shape index (κ2) is 6.92. The van der Waals surface area contributed by atoms with Crippen LogP contribution < -0.4 is 10.5 Å². The first-order chi connectivity index (χ1) is 12.0. The highest BCUT2D eigenvalue weighted by molar-refractivity contribution is 5.93. The third-order valence-corrected chi connectivity index (χ3v) is 4.56. The number of aromatic nitrogens is 3. The number of methoxy groups -OCH3 is 1. The zero-order valence-corrected chi connectivity index (χ0v) is 14.3. The zero-order chi connectivity index (χ0) is 18.0. The fraction of sp³-hybridized carbons (Fsp3) is 0.412. The Morgan fingerprint density at radius 1 is 1.32 bits per heavy atom. The predicted octanol–water partition coefficient (Wildman–Crippen LogP) is 1.13. The van der Waals surface area contributed by atoms with Crippen LogP contribution in [0.1, 0.15) is 28.9 Å². The number of rotatable bonds is 4. The van der Waals surface area contributed by atoms with Crippen molar-refractivity contribution in [2.75, 3.05) is 20.2 Å². The van der Waals surface area contributed by atoms with Gasteiger partial charge in [0.2, 0.25) is 11.8 Å². The van der Waals surface area contributed by atoms with Gasteiger partial charge in [-0.25, -0.2) is 4.98 Å². The molecule has 2 aromatic heterocycles. The van der Waals surface area contributed by atoms with E-state index in [0.717, 1.165) is 11.1 Å². The number of H-pyrrole nitrogens is 1. The summed E-state index contributed by atoms with van der Waals surface area (Å²) in [5.74, 6) is -0.0725. The average molecular weight is 343 g/mol. The molecule has 1 saturated heterocycles. The van der Waals surface area contributed by atoms with Gasteiger partial charge in [0.15, 0.2) is 0 Å². The summed E-state index contributed by atoms with van der Waals surface area (Å²) in [4.78, 5) is 29.7. The van der Waals surface area contributed by atoms with Gasteiger partial charge in [-0.05, 0) is 31.4 Å². The van der Waals surface area contributed by atoms with Gasteiger partial charge in [-0.2, -0.15) is 5.10 Å². The first-order valence-corrected chi connectivity index (χ1v) is 8.14. The number of nitrogens with zero attached hydrogens (tertiary/aromatic N) is 3. The largest absolute Gasteiger partial charge is 0.481 e. The smallest absolute Gasteiger partial charge is 0.271 e. The van der Waals surface area contributed by atoms with E-state index in [4.69, 9.17) is 10.5 Å². The summed E-state index contributed by atoms with van der Waals surface area (Å²) in [7, 11) is 1.55. The van der Waals surface area contributed by atoms with Crippen LogP contribution in [0.4, 0.5) is 0 Å². The molecule has 0 bridgehead atoms. The summed E-state index contributed by atoms with van der Waals surface area (Å²) in [6, 6.07) is 3.52. The lowest BCUT2D eigenvalue weighted by atomic mass is 9.96. The fourth-order valence-corrected chi connectivity index (χ4v) is 3.00. The molecule has 3 heterocycles. The molecule has 0 atom stereocenters. The molecule has 1 aliphatic heterocycles. The van der Waals surface area contributed by atoms with Crippen LogP contribution in [-0.4, -0.2) is 52.1 Å². The van der Waals surface area contributed by atoms with E-state index >= 15 is 0 Å². The predicted molar refractivity (Wildman–Crippen MR) is 90.9 cm³/mol. The number of piperidine rings is 1. The normalized spacial score (nSPS) is 15.2. The van der Waals surface area contributed by atoms with Crippen LogP contribution in [0.5, 0.6) is 5.88 Å². The number of hydrogen-bond acceptors (Lipinski definition) is 5. The number of pyridine rings is 1. The van der Waals surface area contributed by atoms with Crippen LogP contribution in [0.25, 0.3) is 11.3 Å². The number of carbonyl (C=O) groups is 2. The van der Waals surface area contributed by atoms with Crippen molar-refractivity contribution in [3.05, 3.63) is 29.6 Å². The number of aromatic amines is 1. The topological polar surface area (TPSA) is 114 Å². The molecule has 0 aromatic carbocycles. The monoisotopic (exact) mass is 343 g/mol. The Bertz CT molecular complexity index is 793. The molecule has 132 valence electrons. The Kier molecular flexibility index (Phi) is 4.69. The minimum absolute atomic E-state index is 0.125. The quantitative estimate of drug-likeness (QED) is 0.863. The third kappa shape index (κ3) is 3.47. The lowest BCUT2D eigenvalue weighted by molar-refractivity contribution is -0.123. The molecule has 1 fully saturated rings. The van der Waals surface area contributed by atoms with Gasteiger partial charge in [-0.1, -0.05) is 0 Å². The second-order valence-electron chi connectivity index (χ2n) is 6.18. The van der Waals surface area contributed by atoms with Gasteiger partial charge >= 0.3 is 0 Å². The highest BCUT2D eigenvalue weighted by atomic mass is 16.5. The summed E-state index contributed by atoms with van der Waals surface area (Å²) in [6.45, 7) is 2.96. The van der Waals surface area contributed by atoms with Gasteiger partial charge in [-0.3, -0.25) is 14.7 Å². The molecule has 0 saturated carbocycles. The number of likely N-dealkylation sites (tertiary alicyclic amines) is 1. The molecule has 2 aromatic rings. The molecular formula is C17H21N5O3. The standard InChI is InChI=1S/C17H21N5O3/c1-10-9-19-15(25-2)7-12(10)13-8-14(21-20-13)17(24)22-5-3-11(4-6-22)16(18)23/h7-9,11H,3-6H2,1-2H3,(H2,18,23)(H,20,21). The lowest BCUT2D eigenvalue weighted by Gasteiger charge is -2.30.